The van der Waals surface area contributed by atoms with E-state index in [4.69, 9.17) is 33.3 Å². The van der Waals surface area contributed by atoms with Crippen LogP contribution in [0.1, 0.15) is 82.2 Å². The molecule has 1 N–H and O–H groups in total. The Bertz CT molecular complexity index is 874. The molecule has 164 valence electrons. The van der Waals surface area contributed by atoms with Crippen molar-refractivity contribution in [1.29, 1.82) is 0 Å². The molecule has 1 aromatic carbocycles. The van der Waals surface area contributed by atoms with Crippen LogP contribution >= 0.6 is 23.8 Å². The van der Waals surface area contributed by atoms with Gasteiger partial charge in [-0.25, -0.2) is 0 Å². The first-order chi connectivity index (χ1) is 14.7. The maximum absolute atomic E-state index is 6.43. The molecule has 2 heterocycles. The molecule has 3 rings (SSSR count). The molecule has 0 saturated carbocycles. The number of hydrogen-bond acceptors (Lipinski definition) is 5. The molecule has 2 aromatic rings. The van der Waals surface area contributed by atoms with E-state index < -0.39 is 0 Å². The van der Waals surface area contributed by atoms with Crippen molar-refractivity contribution in [3.05, 3.63) is 39.4 Å². The summed E-state index contributed by atoms with van der Waals surface area (Å²) in [6.45, 7) is 3.69. The van der Waals surface area contributed by atoms with Crippen molar-refractivity contribution in [2.45, 2.75) is 70.8 Å². The highest BCUT2D eigenvalue weighted by Crippen LogP contribution is 2.27. The molecule has 8 heteroatoms. The van der Waals surface area contributed by atoms with Crippen molar-refractivity contribution in [3.8, 4) is 5.75 Å². The third-order valence-corrected chi connectivity index (χ3v) is 5.79. The van der Waals surface area contributed by atoms with Gasteiger partial charge >= 0.3 is 0 Å². The van der Waals surface area contributed by atoms with Gasteiger partial charge in [-0.1, -0.05) is 57.0 Å². The molecule has 0 amide bonds. The van der Waals surface area contributed by atoms with E-state index >= 15 is 0 Å². The third kappa shape index (κ3) is 6.65. The van der Waals surface area contributed by atoms with Gasteiger partial charge in [0, 0.05) is 12.2 Å². The molecule has 1 aliphatic rings. The molecule has 1 aromatic heterocycles. The number of aromatic nitrogens is 3. The van der Waals surface area contributed by atoms with Crippen LogP contribution < -0.4 is 4.74 Å². The first-order valence-electron chi connectivity index (χ1n) is 10.9. The van der Waals surface area contributed by atoms with E-state index in [1.807, 2.05) is 18.2 Å². The lowest BCUT2D eigenvalue weighted by molar-refractivity contribution is 0.102. The van der Waals surface area contributed by atoms with Crippen LogP contribution in [0.2, 0.25) is 5.02 Å². The van der Waals surface area contributed by atoms with Gasteiger partial charge in [-0.15, -0.1) is 0 Å². The summed E-state index contributed by atoms with van der Waals surface area (Å²) in [4.78, 5) is 0. The minimum atomic E-state index is -0.0759. The Balaban J connectivity index is 1.51. The molecular formula is C22H31ClN4O2S. The smallest absolute Gasteiger partial charge is 0.216 e. The molecule has 1 fully saturated rings. The average Bonchev–Trinajstić information content (AvgIpc) is 3.39. The number of H-pyrrole nitrogens is 1. The Morgan fingerprint density at radius 3 is 2.83 bits per heavy atom. The topological polar surface area (TPSA) is 64.4 Å². The van der Waals surface area contributed by atoms with E-state index in [9.17, 15) is 0 Å². The number of benzene rings is 1. The zero-order valence-corrected chi connectivity index (χ0v) is 19.2. The van der Waals surface area contributed by atoms with E-state index in [0.29, 0.717) is 22.2 Å². The third-order valence-electron chi connectivity index (χ3n) is 5.19. The summed E-state index contributed by atoms with van der Waals surface area (Å²) in [6, 6.07) is 5.66. The second-order valence-electron chi connectivity index (χ2n) is 7.60. The number of nitrogens with zero attached hydrogens (tertiary/aromatic N) is 3. The highest BCUT2D eigenvalue weighted by atomic mass is 35.5. The summed E-state index contributed by atoms with van der Waals surface area (Å²) in [5.74, 6) is 1.47. The summed E-state index contributed by atoms with van der Waals surface area (Å²) in [5, 5.41) is 12.1. The van der Waals surface area contributed by atoms with Crippen LogP contribution in [0.25, 0.3) is 0 Å². The monoisotopic (exact) mass is 450 g/mol. The van der Waals surface area contributed by atoms with Crippen molar-refractivity contribution < 1.29 is 9.47 Å². The number of ether oxygens (including phenoxy) is 2. The minimum absolute atomic E-state index is 0.0759. The van der Waals surface area contributed by atoms with Gasteiger partial charge in [-0.05, 0) is 49.7 Å². The molecular weight excluding hydrogens is 420 g/mol. The zero-order valence-electron chi connectivity index (χ0n) is 17.6. The van der Waals surface area contributed by atoms with Crippen molar-refractivity contribution in [1.82, 2.24) is 14.9 Å². The lowest BCUT2D eigenvalue weighted by Crippen LogP contribution is -2.05. The van der Waals surface area contributed by atoms with E-state index in [-0.39, 0.29) is 6.10 Å². The Morgan fingerprint density at radius 2 is 2.10 bits per heavy atom. The molecule has 1 saturated heterocycles. The van der Waals surface area contributed by atoms with Crippen molar-refractivity contribution >= 4 is 30.0 Å². The number of rotatable bonds is 12. The first kappa shape index (κ1) is 23.0. The fraction of sp³-hybridized carbons (Fsp3) is 0.591. The van der Waals surface area contributed by atoms with Crippen LogP contribution in [0.4, 0.5) is 0 Å². The van der Waals surface area contributed by atoms with Crippen LogP contribution in [-0.2, 0) is 4.74 Å². The maximum Gasteiger partial charge on any atom is 0.216 e. The van der Waals surface area contributed by atoms with Gasteiger partial charge in [-0.3, -0.25) is 5.10 Å². The molecule has 6 nitrogen and oxygen atoms in total. The van der Waals surface area contributed by atoms with E-state index in [1.54, 1.807) is 10.9 Å². The Kier molecular flexibility index (Phi) is 9.36. The number of unbranched alkanes of at least 4 members (excludes halogenated alkanes) is 6. The second kappa shape index (κ2) is 12.2. The van der Waals surface area contributed by atoms with Crippen LogP contribution in [-0.4, -0.2) is 34.3 Å². The highest BCUT2D eigenvalue weighted by molar-refractivity contribution is 7.71. The van der Waals surface area contributed by atoms with Gasteiger partial charge in [0.15, 0.2) is 5.82 Å². The fourth-order valence-electron chi connectivity index (χ4n) is 3.48. The van der Waals surface area contributed by atoms with E-state index in [1.165, 1.54) is 38.5 Å². The van der Waals surface area contributed by atoms with Crippen molar-refractivity contribution in [2.24, 2.45) is 5.10 Å². The zero-order chi connectivity index (χ0) is 21.2. The maximum atomic E-state index is 6.43. The molecule has 0 bridgehead atoms. The van der Waals surface area contributed by atoms with Crippen LogP contribution in [0.3, 0.4) is 0 Å². The number of nitrogens with one attached hydrogen (secondary N) is 1. The predicted molar refractivity (Wildman–Crippen MR) is 123 cm³/mol. The predicted octanol–water partition coefficient (Wildman–Crippen LogP) is 6.46. The van der Waals surface area contributed by atoms with Gasteiger partial charge in [0.1, 0.15) is 11.9 Å². The summed E-state index contributed by atoms with van der Waals surface area (Å²) < 4.78 is 13.6. The largest absolute Gasteiger partial charge is 0.494 e. The number of hydrogen-bond donors (Lipinski definition) is 1. The average molecular weight is 451 g/mol. The standard InChI is InChI=1S/C22H31ClN4O2S/c1-2-3-4-5-6-7-8-13-28-18-12-11-17(19(23)15-18)16-24-27-21(25-26-22(27)30)20-10-9-14-29-20/h11-12,15-16,20H,2-10,13-14H2,1H3,(H,26,30)/b24-16-. The van der Waals surface area contributed by atoms with Crippen molar-refractivity contribution in [3.63, 3.8) is 0 Å². The molecule has 0 radical (unpaired) electrons. The second-order valence-corrected chi connectivity index (χ2v) is 8.39. The molecule has 0 spiro atoms. The molecule has 1 aliphatic heterocycles. The van der Waals surface area contributed by atoms with E-state index in [0.717, 1.165) is 37.2 Å². The lowest BCUT2D eigenvalue weighted by Gasteiger charge is -2.09. The number of halogens is 1. The minimum Gasteiger partial charge on any atom is -0.494 e. The van der Waals surface area contributed by atoms with Gasteiger partial charge in [0.25, 0.3) is 0 Å². The van der Waals surface area contributed by atoms with E-state index in [2.05, 4.69) is 22.2 Å². The summed E-state index contributed by atoms with van der Waals surface area (Å²) in [5.41, 5.74) is 0.793. The van der Waals surface area contributed by atoms with Gasteiger partial charge in [0.05, 0.1) is 17.8 Å². The SMILES string of the molecule is CCCCCCCCCOc1ccc(/C=N\n2c(C3CCCO3)n[nH]c2=S)c(Cl)c1. The van der Waals surface area contributed by atoms with Crippen LogP contribution in [0, 0.1) is 4.77 Å². The molecule has 30 heavy (non-hydrogen) atoms. The van der Waals surface area contributed by atoms with Crippen LogP contribution in [0.15, 0.2) is 23.3 Å². The summed E-state index contributed by atoms with van der Waals surface area (Å²) in [6.07, 6.45) is 12.4. The first-order valence-corrected chi connectivity index (χ1v) is 11.7. The Morgan fingerprint density at radius 1 is 1.30 bits per heavy atom. The van der Waals surface area contributed by atoms with Crippen LogP contribution in [0.5, 0.6) is 5.75 Å². The normalized spacial score (nSPS) is 16.5. The Hall–Kier alpha value is -1.70. The lowest BCUT2D eigenvalue weighted by atomic mass is 10.1. The molecule has 1 atom stereocenters. The summed E-state index contributed by atoms with van der Waals surface area (Å²) >= 11 is 11.7. The van der Waals surface area contributed by atoms with Crippen molar-refractivity contribution in [2.75, 3.05) is 13.2 Å². The van der Waals surface area contributed by atoms with Gasteiger partial charge in [0.2, 0.25) is 4.77 Å². The fourth-order valence-corrected chi connectivity index (χ4v) is 3.88. The number of aromatic amines is 1. The summed E-state index contributed by atoms with van der Waals surface area (Å²) in [7, 11) is 0. The van der Waals surface area contributed by atoms with Gasteiger partial charge in [-0.2, -0.15) is 14.9 Å². The van der Waals surface area contributed by atoms with Gasteiger partial charge < -0.3 is 9.47 Å². The molecule has 0 aliphatic carbocycles. The Labute approximate surface area is 188 Å². The highest BCUT2D eigenvalue weighted by Gasteiger charge is 2.23. The quantitative estimate of drug-likeness (QED) is 0.229. The molecule has 1 unspecified atom stereocenters.